The Morgan fingerprint density at radius 2 is 2.00 bits per heavy atom. The molecule has 0 radical (unpaired) electrons. The van der Waals surface area contributed by atoms with E-state index in [0.29, 0.717) is 25.7 Å². The van der Waals surface area contributed by atoms with Crippen molar-refractivity contribution in [3.63, 3.8) is 0 Å². The van der Waals surface area contributed by atoms with Gasteiger partial charge in [-0.25, -0.2) is 0 Å². The first-order chi connectivity index (χ1) is 8.63. The third kappa shape index (κ3) is 5.83. The van der Waals surface area contributed by atoms with E-state index in [9.17, 15) is 4.79 Å². The number of nitrogens with one attached hydrogen (secondary N) is 1. The summed E-state index contributed by atoms with van der Waals surface area (Å²) in [7, 11) is 3.75. The van der Waals surface area contributed by atoms with Gasteiger partial charge in [0.25, 0.3) is 0 Å². The standard InChI is InChI=1S/C14H28N2O2/c1-12-5-7-13(8-6-12)16(2)11-14(17)15-9-4-10-18-3/h12-13H,4-11H2,1-3H3,(H,15,17). The number of nitrogens with zero attached hydrogens (tertiary/aromatic N) is 1. The molecule has 1 saturated carbocycles. The van der Waals surface area contributed by atoms with Crippen molar-refractivity contribution in [1.82, 2.24) is 10.2 Å². The number of carbonyl (C=O) groups excluding carboxylic acids is 1. The van der Waals surface area contributed by atoms with E-state index in [1.165, 1.54) is 25.7 Å². The summed E-state index contributed by atoms with van der Waals surface area (Å²) in [5.41, 5.74) is 0. The van der Waals surface area contributed by atoms with Crippen LogP contribution in [0.15, 0.2) is 0 Å². The van der Waals surface area contributed by atoms with Gasteiger partial charge in [-0.1, -0.05) is 6.92 Å². The summed E-state index contributed by atoms with van der Waals surface area (Å²) in [6.45, 7) is 4.25. The van der Waals surface area contributed by atoms with Crippen molar-refractivity contribution in [2.45, 2.75) is 45.1 Å². The van der Waals surface area contributed by atoms with Crippen molar-refractivity contribution in [2.75, 3.05) is 33.9 Å². The van der Waals surface area contributed by atoms with Crippen molar-refractivity contribution in [2.24, 2.45) is 5.92 Å². The number of amides is 1. The highest BCUT2D eigenvalue weighted by Gasteiger charge is 2.22. The molecule has 0 saturated heterocycles. The Hall–Kier alpha value is -0.610. The number of hydrogen-bond acceptors (Lipinski definition) is 3. The van der Waals surface area contributed by atoms with Crippen LogP contribution in [-0.4, -0.2) is 50.7 Å². The van der Waals surface area contributed by atoms with Gasteiger partial charge in [0.15, 0.2) is 0 Å². The molecule has 0 spiro atoms. The number of rotatable bonds is 7. The minimum Gasteiger partial charge on any atom is -0.385 e. The van der Waals surface area contributed by atoms with E-state index >= 15 is 0 Å². The summed E-state index contributed by atoms with van der Waals surface area (Å²) in [5, 5.41) is 2.94. The van der Waals surface area contributed by atoms with Crippen LogP contribution in [-0.2, 0) is 9.53 Å². The van der Waals surface area contributed by atoms with Gasteiger partial charge in [0, 0.05) is 26.3 Å². The molecule has 0 aliphatic heterocycles. The van der Waals surface area contributed by atoms with Crippen LogP contribution < -0.4 is 5.32 Å². The van der Waals surface area contributed by atoms with E-state index < -0.39 is 0 Å². The maximum atomic E-state index is 11.7. The molecule has 106 valence electrons. The SMILES string of the molecule is COCCCNC(=O)CN(C)C1CCC(C)CC1. The van der Waals surface area contributed by atoms with Gasteiger partial charge in [-0.2, -0.15) is 0 Å². The fourth-order valence-corrected chi connectivity index (χ4v) is 2.54. The van der Waals surface area contributed by atoms with Gasteiger partial charge in [0.05, 0.1) is 6.54 Å². The van der Waals surface area contributed by atoms with Crippen LogP contribution >= 0.6 is 0 Å². The number of hydrogen-bond donors (Lipinski definition) is 1. The van der Waals surface area contributed by atoms with Crippen molar-refractivity contribution < 1.29 is 9.53 Å². The summed E-state index contributed by atoms with van der Waals surface area (Å²) in [5.74, 6) is 0.991. The lowest BCUT2D eigenvalue weighted by Crippen LogP contribution is -2.42. The third-order valence-electron chi connectivity index (χ3n) is 3.85. The van der Waals surface area contributed by atoms with E-state index in [-0.39, 0.29) is 5.91 Å². The summed E-state index contributed by atoms with van der Waals surface area (Å²) in [4.78, 5) is 13.9. The molecule has 0 aromatic heterocycles. The molecule has 4 nitrogen and oxygen atoms in total. The van der Waals surface area contributed by atoms with Crippen molar-refractivity contribution in [1.29, 1.82) is 0 Å². The second-order valence-electron chi connectivity index (χ2n) is 5.53. The Kier molecular flexibility index (Phi) is 7.28. The van der Waals surface area contributed by atoms with E-state index in [2.05, 4.69) is 24.2 Å². The number of methoxy groups -OCH3 is 1. The predicted molar refractivity (Wildman–Crippen MR) is 73.6 cm³/mol. The first kappa shape index (κ1) is 15.4. The lowest BCUT2D eigenvalue weighted by molar-refractivity contribution is -0.122. The molecule has 1 N–H and O–H groups in total. The highest BCUT2D eigenvalue weighted by molar-refractivity contribution is 5.77. The van der Waals surface area contributed by atoms with E-state index in [0.717, 1.165) is 12.3 Å². The molecule has 0 bridgehead atoms. The molecule has 1 amide bonds. The van der Waals surface area contributed by atoms with E-state index in [1.807, 2.05) is 0 Å². The Morgan fingerprint density at radius 3 is 2.61 bits per heavy atom. The van der Waals surface area contributed by atoms with Crippen LogP contribution in [0.4, 0.5) is 0 Å². The maximum Gasteiger partial charge on any atom is 0.234 e. The molecule has 0 unspecified atom stereocenters. The van der Waals surface area contributed by atoms with Crippen LogP contribution in [0.25, 0.3) is 0 Å². The van der Waals surface area contributed by atoms with Crippen LogP contribution in [0.5, 0.6) is 0 Å². The summed E-state index contributed by atoms with van der Waals surface area (Å²) >= 11 is 0. The molecular formula is C14H28N2O2. The molecule has 4 heteroatoms. The van der Waals surface area contributed by atoms with Gasteiger partial charge in [0.2, 0.25) is 5.91 Å². The number of ether oxygens (including phenoxy) is 1. The van der Waals surface area contributed by atoms with Gasteiger partial charge < -0.3 is 10.1 Å². The normalized spacial score (nSPS) is 24.2. The lowest BCUT2D eigenvalue weighted by atomic mass is 9.87. The first-order valence-corrected chi connectivity index (χ1v) is 7.09. The molecule has 1 rings (SSSR count). The fourth-order valence-electron chi connectivity index (χ4n) is 2.54. The molecule has 0 aromatic rings. The average molecular weight is 256 g/mol. The fraction of sp³-hybridized carbons (Fsp3) is 0.929. The zero-order valence-corrected chi connectivity index (χ0v) is 12.1. The Labute approximate surface area is 111 Å². The topological polar surface area (TPSA) is 41.6 Å². The predicted octanol–water partition coefficient (Wildman–Crippen LogP) is 1.65. The quantitative estimate of drug-likeness (QED) is 0.704. The average Bonchev–Trinajstić information content (AvgIpc) is 2.35. The Morgan fingerprint density at radius 1 is 1.33 bits per heavy atom. The Balaban J connectivity index is 2.14. The molecule has 1 fully saturated rings. The lowest BCUT2D eigenvalue weighted by Gasteiger charge is -2.33. The van der Waals surface area contributed by atoms with E-state index in [4.69, 9.17) is 4.74 Å². The van der Waals surface area contributed by atoms with Crippen LogP contribution in [0.1, 0.15) is 39.0 Å². The minimum atomic E-state index is 0.132. The molecule has 0 heterocycles. The first-order valence-electron chi connectivity index (χ1n) is 7.09. The van der Waals surface area contributed by atoms with Crippen molar-refractivity contribution in [3.8, 4) is 0 Å². The Bertz CT molecular complexity index is 238. The summed E-state index contributed by atoms with van der Waals surface area (Å²) in [6.07, 6.45) is 5.94. The van der Waals surface area contributed by atoms with Gasteiger partial charge >= 0.3 is 0 Å². The van der Waals surface area contributed by atoms with Crippen LogP contribution in [0.3, 0.4) is 0 Å². The van der Waals surface area contributed by atoms with Gasteiger partial charge in [-0.15, -0.1) is 0 Å². The molecule has 0 atom stereocenters. The summed E-state index contributed by atoms with van der Waals surface area (Å²) < 4.78 is 4.95. The monoisotopic (exact) mass is 256 g/mol. The molecule has 0 aromatic carbocycles. The van der Waals surface area contributed by atoms with Gasteiger partial charge in [-0.3, -0.25) is 9.69 Å². The second-order valence-corrected chi connectivity index (χ2v) is 5.53. The maximum absolute atomic E-state index is 11.7. The molecule has 1 aliphatic carbocycles. The highest BCUT2D eigenvalue weighted by Crippen LogP contribution is 2.26. The van der Waals surface area contributed by atoms with Crippen molar-refractivity contribution >= 4 is 5.91 Å². The molecule has 18 heavy (non-hydrogen) atoms. The molecular weight excluding hydrogens is 228 g/mol. The third-order valence-corrected chi connectivity index (χ3v) is 3.85. The highest BCUT2D eigenvalue weighted by atomic mass is 16.5. The second kappa shape index (κ2) is 8.48. The van der Waals surface area contributed by atoms with Gasteiger partial charge in [0.1, 0.15) is 0 Å². The number of carbonyl (C=O) groups is 1. The van der Waals surface area contributed by atoms with Crippen molar-refractivity contribution in [3.05, 3.63) is 0 Å². The minimum absolute atomic E-state index is 0.132. The van der Waals surface area contributed by atoms with Gasteiger partial charge in [-0.05, 0) is 45.1 Å². The molecule has 1 aliphatic rings. The van der Waals surface area contributed by atoms with E-state index in [1.54, 1.807) is 7.11 Å². The largest absolute Gasteiger partial charge is 0.385 e. The number of likely N-dealkylation sites (N-methyl/N-ethyl adjacent to an activating group) is 1. The summed E-state index contributed by atoms with van der Waals surface area (Å²) in [6, 6.07) is 0.589. The van der Waals surface area contributed by atoms with Crippen LogP contribution in [0.2, 0.25) is 0 Å². The smallest absolute Gasteiger partial charge is 0.234 e. The zero-order valence-electron chi connectivity index (χ0n) is 12.1. The zero-order chi connectivity index (χ0) is 13.4. The van der Waals surface area contributed by atoms with Crippen LogP contribution in [0, 0.1) is 5.92 Å².